The lowest BCUT2D eigenvalue weighted by Gasteiger charge is -2.17. The molecule has 4 nitrogen and oxygen atoms in total. The molecule has 0 aliphatic carbocycles. The Bertz CT molecular complexity index is 548. The Balaban J connectivity index is 1.63. The van der Waals surface area contributed by atoms with Gasteiger partial charge in [-0.25, -0.2) is 4.98 Å². The molecular formula is C14H16N4. The summed E-state index contributed by atoms with van der Waals surface area (Å²) in [5, 5.41) is 3.65. The molecule has 2 bridgehead atoms. The monoisotopic (exact) mass is 240 g/mol. The van der Waals surface area contributed by atoms with Gasteiger partial charge in [0.05, 0.1) is 11.9 Å². The summed E-state index contributed by atoms with van der Waals surface area (Å²) < 4.78 is 0. The van der Waals surface area contributed by atoms with Gasteiger partial charge in [0.1, 0.15) is 5.82 Å². The van der Waals surface area contributed by atoms with Crippen LogP contribution in [-0.4, -0.2) is 27.0 Å². The third kappa shape index (κ3) is 1.56. The number of pyridine rings is 1. The second kappa shape index (κ2) is 3.92. The second-order valence-electron chi connectivity index (χ2n) is 5.31. The van der Waals surface area contributed by atoms with Gasteiger partial charge >= 0.3 is 0 Å². The molecule has 2 fully saturated rings. The van der Waals surface area contributed by atoms with Gasteiger partial charge in [-0.2, -0.15) is 0 Å². The van der Waals surface area contributed by atoms with Crippen LogP contribution >= 0.6 is 0 Å². The Kier molecular flexibility index (Phi) is 2.23. The summed E-state index contributed by atoms with van der Waals surface area (Å²) in [4.78, 5) is 12.2. The molecule has 2 N–H and O–H groups in total. The number of hydrogen-bond acceptors (Lipinski definition) is 3. The molecule has 4 heteroatoms. The van der Waals surface area contributed by atoms with E-state index in [1.165, 1.54) is 19.3 Å². The molecule has 2 aromatic rings. The van der Waals surface area contributed by atoms with Crippen LogP contribution < -0.4 is 5.32 Å². The van der Waals surface area contributed by atoms with Crippen LogP contribution in [0.25, 0.3) is 11.3 Å². The maximum absolute atomic E-state index is 4.57. The lowest BCUT2D eigenvalue weighted by molar-refractivity contribution is 0.490. The fourth-order valence-corrected chi connectivity index (χ4v) is 3.32. The molecule has 0 spiro atoms. The Morgan fingerprint density at radius 2 is 2.22 bits per heavy atom. The summed E-state index contributed by atoms with van der Waals surface area (Å²) in [6.07, 6.45) is 9.44. The van der Waals surface area contributed by atoms with Gasteiger partial charge < -0.3 is 10.3 Å². The minimum absolute atomic E-state index is 0.564. The number of nitrogens with zero attached hydrogens (tertiary/aromatic N) is 2. The van der Waals surface area contributed by atoms with Gasteiger partial charge in [0.15, 0.2) is 0 Å². The molecule has 2 aromatic heterocycles. The average Bonchev–Trinajstić information content (AvgIpc) is 3.15. The van der Waals surface area contributed by atoms with Crippen molar-refractivity contribution in [3.05, 3.63) is 36.5 Å². The fourth-order valence-electron chi connectivity index (χ4n) is 3.32. The minimum atomic E-state index is 0.564. The molecule has 2 aliphatic heterocycles. The molecule has 18 heavy (non-hydrogen) atoms. The van der Waals surface area contributed by atoms with Crippen LogP contribution in [0.3, 0.4) is 0 Å². The van der Waals surface area contributed by atoms with Crippen LogP contribution in [0, 0.1) is 0 Å². The van der Waals surface area contributed by atoms with E-state index in [2.05, 4.69) is 26.3 Å². The highest BCUT2D eigenvalue weighted by Crippen LogP contribution is 2.39. The lowest BCUT2D eigenvalue weighted by atomic mass is 9.89. The Hall–Kier alpha value is -1.68. The van der Waals surface area contributed by atoms with Crippen LogP contribution in [0.1, 0.15) is 31.0 Å². The van der Waals surface area contributed by atoms with E-state index >= 15 is 0 Å². The number of aromatic nitrogens is 3. The van der Waals surface area contributed by atoms with Gasteiger partial charge in [0.2, 0.25) is 0 Å². The first kappa shape index (κ1) is 10.3. The van der Waals surface area contributed by atoms with E-state index < -0.39 is 0 Å². The van der Waals surface area contributed by atoms with Crippen LogP contribution in [0.15, 0.2) is 30.7 Å². The number of H-pyrrole nitrogens is 1. The summed E-state index contributed by atoms with van der Waals surface area (Å²) >= 11 is 0. The summed E-state index contributed by atoms with van der Waals surface area (Å²) in [5.41, 5.74) is 2.17. The first-order chi connectivity index (χ1) is 8.90. The molecule has 92 valence electrons. The van der Waals surface area contributed by atoms with Crippen molar-refractivity contribution in [3.63, 3.8) is 0 Å². The molecule has 4 heterocycles. The standard InChI is InChI=1S/C14H16N4/c1-2-9(7-15-5-1)13-8-16-14(18-13)11-6-10-3-4-12(11)17-10/h1-2,5,7-8,10-12,17H,3-4,6H2,(H,16,18). The summed E-state index contributed by atoms with van der Waals surface area (Å²) in [5.74, 6) is 1.70. The van der Waals surface area contributed by atoms with E-state index in [0.717, 1.165) is 17.1 Å². The van der Waals surface area contributed by atoms with E-state index in [-0.39, 0.29) is 0 Å². The van der Waals surface area contributed by atoms with Gasteiger partial charge in [-0.3, -0.25) is 4.98 Å². The van der Waals surface area contributed by atoms with Crippen molar-refractivity contribution in [2.75, 3.05) is 0 Å². The van der Waals surface area contributed by atoms with E-state index in [1.807, 2.05) is 18.5 Å². The van der Waals surface area contributed by atoms with E-state index in [0.29, 0.717) is 18.0 Å². The van der Waals surface area contributed by atoms with Gasteiger partial charge in [0.25, 0.3) is 0 Å². The normalized spacial score (nSPS) is 29.9. The molecule has 4 rings (SSSR count). The Labute approximate surface area is 106 Å². The molecule has 0 saturated carbocycles. The highest BCUT2D eigenvalue weighted by Gasteiger charge is 2.41. The van der Waals surface area contributed by atoms with Gasteiger partial charge in [-0.05, 0) is 31.4 Å². The largest absolute Gasteiger partial charge is 0.342 e. The average molecular weight is 240 g/mol. The molecule has 0 radical (unpaired) electrons. The molecule has 2 saturated heterocycles. The van der Waals surface area contributed by atoms with Crippen molar-refractivity contribution in [3.8, 4) is 11.3 Å². The highest BCUT2D eigenvalue weighted by molar-refractivity contribution is 5.56. The van der Waals surface area contributed by atoms with Crippen LogP contribution in [0.4, 0.5) is 0 Å². The van der Waals surface area contributed by atoms with Crippen molar-refractivity contribution in [2.24, 2.45) is 0 Å². The SMILES string of the molecule is c1cncc(-c2cnc(C3CC4CCC3N4)[nH]2)c1. The van der Waals surface area contributed by atoms with Crippen LogP contribution in [0.5, 0.6) is 0 Å². The quantitative estimate of drug-likeness (QED) is 0.845. The predicted octanol–water partition coefficient (Wildman–Crippen LogP) is 2.08. The Morgan fingerprint density at radius 3 is 2.94 bits per heavy atom. The molecule has 3 atom stereocenters. The number of rotatable bonds is 2. The number of nitrogens with one attached hydrogen (secondary N) is 2. The Morgan fingerprint density at radius 1 is 1.22 bits per heavy atom. The molecule has 3 unspecified atom stereocenters. The number of hydrogen-bond donors (Lipinski definition) is 2. The number of aromatic amines is 1. The zero-order chi connectivity index (χ0) is 11.9. The molecule has 0 amide bonds. The van der Waals surface area contributed by atoms with Crippen molar-refractivity contribution >= 4 is 0 Å². The smallest absolute Gasteiger partial charge is 0.111 e. The molecule has 0 aromatic carbocycles. The van der Waals surface area contributed by atoms with E-state index in [1.54, 1.807) is 6.20 Å². The van der Waals surface area contributed by atoms with Crippen molar-refractivity contribution < 1.29 is 0 Å². The summed E-state index contributed by atoms with van der Waals surface area (Å²) in [6.45, 7) is 0. The maximum atomic E-state index is 4.57. The first-order valence-electron chi connectivity index (χ1n) is 6.61. The van der Waals surface area contributed by atoms with Gasteiger partial charge in [-0.15, -0.1) is 0 Å². The zero-order valence-corrected chi connectivity index (χ0v) is 10.1. The highest BCUT2D eigenvalue weighted by atomic mass is 15.1. The molecule has 2 aliphatic rings. The maximum Gasteiger partial charge on any atom is 0.111 e. The molecular weight excluding hydrogens is 224 g/mol. The van der Waals surface area contributed by atoms with Crippen LogP contribution in [-0.2, 0) is 0 Å². The zero-order valence-electron chi connectivity index (χ0n) is 10.1. The van der Waals surface area contributed by atoms with Crippen LogP contribution in [0.2, 0.25) is 0 Å². The number of fused-ring (bicyclic) bond motifs is 2. The van der Waals surface area contributed by atoms with Crippen molar-refractivity contribution in [1.82, 2.24) is 20.3 Å². The lowest BCUT2D eigenvalue weighted by Crippen LogP contribution is -2.22. The third-order valence-electron chi connectivity index (χ3n) is 4.22. The summed E-state index contributed by atoms with van der Waals surface area (Å²) in [7, 11) is 0. The number of imidazole rings is 1. The van der Waals surface area contributed by atoms with Crippen molar-refractivity contribution in [2.45, 2.75) is 37.3 Å². The van der Waals surface area contributed by atoms with Crippen molar-refractivity contribution in [1.29, 1.82) is 0 Å². The topological polar surface area (TPSA) is 53.6 Å². The minimum Gasteiger partial charge on any atom is -0.342 e. The third-order valence-corrected chi connectivity index (χ3v) is 4.22. The first-order valence-corrected chi connectivity index (χ1v) is 6.61. The van der Waals surface area contributed by atoms with E-state index in [4.69, 9.17) is 0 Å². The fraction of sp³-hybridized carbons (Fsp3) is 0.429. The summed E-state index contributed by atoms with van der Waals surface area (Å²) in [6, 6.07) is 5.35. The van der Waals surface area contributed by atoms with Gasteiger partial charge in [-0.1, -0.05) is 0 Å². The van der Waals surface area contributed by atoms with Gasteiger partial charge in [0, 0.05) is 36.0 Å². The van der Waals surface area contributed by atoms with E-state index in [9.17, 15) is 0 Å². The predicted molar refractivity (Wildman–Crippen MR) is 69.1 cm³/mol. The second-order valence-corrected chi connectivity index (χ2v) is 5.31.